The van der Waals surface area contributed by atoms with E-state index >= 15 is 0 Å². The van der Waals surface area contributed by atoms with E-state index in [9.17, 15) is 5.11 Å². The molecule has 0 saturated carbocycles. The highest BCUT2D eigenvalue weighted by Crippen LogP contribution is 2.39. The van der Waals surface area contributed by atoms with Crippen molar-refractivity contribution in [1.82, 2.24) is 0 Å². The topological polar surface area (TPSA) is 47.9 Å². The van der Waals surface area contributed by atoms with Crippen molar-refractivity contribution in [1.29, 1.82) is 0 Å². The summed E-state index contributed by atoms with van der Waals surface area (Å²) in [7, 11) is 6.45. The van der Waals surface area contributed by atoms with Gasteiger partial charge in [0.1, 0.15) is 17.2 Å². The molecule has 0 radical (unpaired) electrons. The van der Waals surface area contributed by atoms with Crippen molar-refractivity contribution in [2.45, 2.75) is 6.92 Å². The van der Waals surface area contributed by atoms with Gasteiger partial charge >= 0.3 is 0 Å². The molecule has 1 N–H and O–H groups in total. The van der Waals surface area contributed by atoms with Gasteiger partial charge in [0.2, 0.25) is 0 Å². The maximum atomic E-state index is 9.95. The molecule has 0 aromatic heterocycles. The number of benzene rings is 2. The Morgan fingerprint density at radius 1 is 0.895 bits per heavy atom. The van der Waals surface area contributed by atoms with E-state index in [1.807, 2.05) is 19.1 Å². The normalized spacial score (nSPS) is 9.74. The van der Waals surface area contributed by atoms with Gasteiger partial charge in [-0.25, -0.2) is 0 Å². The molecule has 0 fully saturated rings. The van der Waals surface area contributed by atoms with Crippen LogP contribution in [0, 0.1) is 6.92 Å². The minimum absolute atomic E-state index is 0.214. The van der Waals surface area contributed by atoms with Crippen molar-refractivity contribution in [3.05, 3.63) is 29.8 Å². The van der Waals surface area contributed by atoms with Crippen LogP contribution in [-0.4, -0.2) is 33.5 Å². The first-order valence-corrected chi connectivity index (χ1v) is 5.83. The number of phenolic OH excluding ortho intramolecular Hbond substituents is 1. The van der Waals surface area contributed by atoms with E-state index in [-0.39, 0.29) is 5.75 Å². The Morgan fingerprint density at radius 2 is 1.42 bits per heavy atom. The molecule has 0 aliphatic heterocycles. The molecule has 0 aliphatic carbocycles. The largest absolute Gasteiger partial charge is 0.507 e. The van der Waals surface area contributed by atoms with E-state index in [0.717, 1.165) is 16.7 Å². The highest BCUT2D eigenvalue weighted by atomic mass is 16.5. The lowest BCUT2D eigenvalue weighted by molar-refractivity contribution is 0.277. The molecule has 19 heavy (non-hydrogen) atoms. The molecule has 0 amide bonds. The second kappa shape index (κ2) is 6.85. The van der Waals surface area contributed by atoms with Gasteiger partial charge in [-0.15, -0.1) is 0 Å². The zero-order chi connectivity index (χ0) is 14.4. The monoisotopic (exact) mass is 264 g/mol. The third-order valence-electron chi connectivity index (χ3n) is 2.60. The molecular weight excluding hydrogens is 244 g/mol. The lowest BCUT2D eigenvalue weighted by atomic mass is 10.0. The fraction of sp³-hybridized carbons (Fsp3) is 0.333. The third-order valence-corrected chi connectivity index (χ3v) is 2.60. The molecule has 104 valence electrons. The van der Waals surface area contributed by atoms with Crippen LogP contribution in [0.5, 0.6) is 17.2 Å². The smallest absolute Gasteiger partial charge is 0.130 e. The average molecular weight is 264 g/mol. The summed E-state index contributed by atoms with van der Waals surface area (Å²) >= 11 is 0. The summed E-state index contributed by atoms with van der Waals surface area (Å²) in [5.41, 5.74) is 0.983. The van der Waals surface area contributed by atoms with Crippen LogP contribution < -0.4 is 9.47 Å². The lowest BCUT2D eigenvalue weighted by Gasteiger charge is -2.11. The van der Waals surface area contributed by atoms with Crippen LogP contribution in [0.1, 0.15) is 5.56 Å². The SMILES string of the molecule is COC.COc1ccc(OC)c2c(O)cc(C)cc12. The van der Waals surface area contributed by atoms with E-state index < -0.39 is 0 Å². The summed E-state index contributed by atoms with van der Waals surface area (Å²) in [6.45, 7) is 1.93. The van der Waals surface area contributed by atoms with Gasteiger partial charge in [-0.2, -0.15) is 0 Å². The van der Waals surface area contributed by atoms with E-state index in [4.69, 9.17) is 9.47 Å². The summed E-state index contributed by atoms with van der Waals surface area (Å²) in [6.07, 6.45) is 0. The van der Waals surface area contributed by atoms with Gasteiger partial charge in [0.25, 0.3) is 0 Å². The maximum absolute atomic E-state index is 9.95. The molecule has 0 atom stereocenters. The Hall–Kier alpha value is -1.94. The molecule has 0 unspecified atom stereocenters. The molecule has 4 nitrogen and oxygen atoms in total. The minimum atomic E-state index is 0.214. The number of rotatable bonds is 2. The molecule has 0 saturated heterocycles. The van der Waals surface area contributed by atoms with Crippen LogP contribution >= 0.6 is 0 Å². The van der Waals surface area contributed by atoms with Crippen molar-refractivity contribution in [3.8, 4) is 17.2 Å². The van der Waals surface area contributed by atoms with Crippen molar-refractivity contribution < 1.29 is 19.3 Å². The quantitative estimate of drug-likeness (QED) is 0.905. The number of fused-ring (bicyclic) bond motifs is 1. The second-order valence-electron chi connectivity index (χ2n) is 4.08. The summed E-state index contributed by atoms with van der Waals surface area (Å²) in [5.74, 6) is 1.59. The fourth-order valence-corrected chi connectivity index (χ4v) is 1.89. The van der Waals surface area contributed by atoms with Crippen LogP contribution in [0.4, 0.5) is 0 Å². The van der Waals surface area contributed by atoms with Crippen LogP contribution in [0.2, 0.25) is 0 Å². The molecule has 2 aromatic carbocycles. The summed E-state index contributed by atoms with van der Waals surface area (Å²) in [6, 6.07) is 7.30. The number of hydrogen-bond acceptors (Lipinski definition) is 4. The highest BCUT2D eigenvalue weighted by Gasteiger charge is 2.11. The van der Waals surface area contributed by atoms with Gasteiger partial charge < -0.3 is 19.3 Å². The maximum Gasteiger partial charge on any atom is 0.130 e. The Morgan fingerprint density at radius 3 is 1.95 bits per heavy atom. The second-order valence-corrected chi connectivity index (χ2v) is 4.08. The molecule has 0 heterocycles. The van der Waals surface area contributed by atoms with E-state index in [1.165, 1.54) is 0 Å². The molecule has 0 bridgehead atoms. The molecular formula is C15H20O4. The fourth-order valence-electron chi connectivity index (χ4n) is 1.89. The summed E-state index contributed by atoms with van der Waals surface area (Å²) in [4.78, 5) is 0. The highest BCUT2D eigenvalue weighted by molar-refractivity contribution is 5.98. The number of ether oxygens (including phenoxy) is 3. The molecule has 2 aromatic rings. The molecule has 0 aliphatic rings. The van der Waals surface area contributed by atoms with Crippen LogP contribution in [0.15, 0.2) is 24.3 Å². The number of phenols is 1. The average Bonchev–Trinajstić information content (AvgIpc) is 2.38. The summed E-state index contributed by atoms with van der Waals surface area (Å²) < 4.78 is 14.8. The summed E-state index contributed by atoms with van der Waals surface area (Å²) in [5, 5.41) is 11.5. The third kappa shape index (κ3) is 3.29. The molecule has 4 heteroatoms. The Labute approximate surface area is 113 Å². The number of methoxy groups -OCH3 is 3. The van der Waals surface area contributed by atoms with Crippen LogP contribution in [0.3, 0.4) is 0 Å². The van der Waals surface area contributed by atoms with Gasteiger partial charge in [0, 0.05) is 19.6 Å². The number of aryl methyl sites for hydroxylation is 1. The number of hydrogen-bond donors (Lipinski definition) is 1. The van der Waals surface area contributed by atoms with Crippen LogP contribution in [-0.2, 0) is 4.74 Å². The van der Waals surface area contributed by atoms with Crippen LogP contribution in [0.25, 0.3) is 10.8 Å². The zero-order valence-corrected chi connectivity index (χ0v) is 12.0. The van der Waals surface area contributed by atoms with Crippen molar-refractivity contribution in [3.63, 3.8) is 0 Å². The van der Waals surface area contributed by atoms with Crippen molar-refractivity contribution in [2.75, 3.05) is 28.4 Å². The first kappa shape index (κ1) is 15.1. The zero-order valence-electron chi connectivity index (χ0n) is 12.0. The van der Waals surface area contributed by atoms with Gasteiger partial charge in [-0.3, -0.25) is 0 Å². The van der Waals surface area contributed by atoms with Gasteiger partial charge in [-0.1, -0.05) is 0 Å². The van der Waals surface area contributed by atoms with E-state index in [0.29, 0.717) is 11.1 Å². The van der Waals surface area contributed by atoms with Gasteiger partial charge in [-0.05, 0) is 36.8 Å². The Balaban J connectivity index is 0.000000550. The first-order valence-electron chi connectivity index (χ1n) is 5.83. The molecule has 0 spiro atoms. The first-order chi connectivity index (χ1) is 9.08. The van der Waals surface area contributed by atoms with Gasteiger partial charge in [0.05, 0.1) is 19.6 Å². The minimum Gasteiger partial charge on any atom is -0.507 e. The number of aromatic hydroxyl groups is 1. The lowest BCUT2D eigenvalue weighted by Crippen LogP contribution is -1.90. The van der Waals surface area contributed by atoms with Crippen molar-refractivity contribution >= 4 is 10.8 Å². The van der Waals surface area contributed by atoms with Gasteiger partial charge in [0.15, 0.2) is 0 Å². The standard InChI is InChI=1S/C13H14O3.C2H6O/c1-8-6-9-11(15-2)4-5-12(16-3)13(9)10(14)7-8;1-3-2/h4-7,14H,1-3H3;1-2H3. The predicted molar refractivity (Wildman–Crippen MR) is 76.4 cm³/mol. The molecule has 2 rings (SSSR count). The van der Waals surface area contributed by atoms with E-state index in [1.54, 1.807) is 40.6 Å². The van der Waals surface area contributed by atoms with E-state index in [2.05, 4.69) is 4.74 Å². The predicted octanol–water partition coefficient (Wildman–Crippen LogP) is 3.13. The van der Waals surface area contributed by atoms with Crippen molar-refractivity contribution in [2.24, 2.45) is 0 Å². The Bertz CT molecular complexity index is 549. The Kier molecular flexibility index (Phi) is 5.45.